The molecular weight excluding hydrogens is 647 g/mol. The maximum absolute atomic E-state index is 7.01. The summed E-state index contributed by atoms with van der Waals surface area (Å²) < 4.78 is 16.4. The molecule has 0 amide bonds. The molecule has 3 aliphatic rings. The van der Waals surface area contributed by atoms with E-state index in [1.807, 2.05) is 0 Å². The Hall–Kier alpha value is -5.68. The molecule has 9 aromatic rings. The molecule has 0 saturated heterocycles. The highest BCUT2D eigenvalue weighted by atomic mass is 16.3. The fourth-order valence-corrected chi connectivity index (χ4v) is 10.5. The quantitative estimate of drug-likeness (QED) is 0.161. The molecule has 5 heteroatoms. The lowest BCUT2D eigenvalue weighted by Crippen LogP contribution is -2.56. The van der Waals surface area contributed by atoms with Gasteiger partial charge in [-0.15, -0.1) is 0 Å². The van der Waals surface area contributed by atoms with Crippen molar-refractivity contribution in [2.45, 2.75) is 65.2 Å². The van der Waals surface area contributed by atoms with Crippen LogP contribution in [0, 0.1) is 13.8 Å². The molecule has 12 rings (SSSR count). The fourth-order valence-electron chi connectivity index (χ4n) is 10.5. The van der Waals surface area contributed by atoms with Crippen LogP contribution in [0.5, 0.6) is 0 Å². The molecule has 5 heterocycles. The van der Waals surface area contributed by atoms with Gasteiger partial charge in [-0.1, -0.05) is 94.4 Å². The summed E-state index contributed by atoms with van der Waals surface area (Å²) in [4.78, 5) is 2.58. The molecular formula is C48H39BN2O2. The van der Waals surface area contributed by atoms with Gasteiger partial charge in [0.15, 0.2) is 11.2 Å². The zero-order valence-electron chi connectivity index (χ0n) is 31.0. The monoisotopic (exact) mass is 686 g/mol. The molecule has 0 saturated carbocycles. The molecule has 0 atom stereocenters. The summed E-state index contributed by atoms with van der Waals surface area (Å²) in [6, 6.07) is 38.3. The Morgan fingerprint density at radius 1 is 0.585 bits per heavy atom. The number of aromatic nitrogens is 1. The van der Waals surface area contributed by atoms with Crippen molar-refractivity contribution in [3.8, 4) is 11.1 Å². The van der Waals surface area contributed by atoms with Crippen molar-refractivity contribution in [1.82, 2.24) is 4.48 Å². The Morgan fingerprint density at radius 3 is 2.06 bits per heavy atom. The maximum atomic E-state index is 7.01. The van der Waals surface area contributed by atoms with Gasteiger partial charge in [0.1, 0.15) is 11.2 Å². The number of nitrogens with zero attached hydrogens (tertiary/aromatic N) is 2. The van der Waals surface area contributed by atoms with Crippen LogP contribution in [0.2, 0.25) is 0 Å². The van der Waals surface area contributed by atoms with Gasteiger partial charge in [-0.3, -0.25) is 0 Å². The Kier molecular flexibility index (Phi) is 5.43. The number of benzene rings is 6. The van der Waals surface area contributed by atoms with Crippen molar-refractivity contribution in [1.29, 1.82) is 0 Å². The average molecular weight is 687 g/mol. The predicted molar refractivity (Wildman–Crippen MR) is 222 cm³/mol. The molecule has 0 spiro atoms. The number of furan rings is 2. The molecule has 4 nitrogen and oxygen atoms in total. The van der Waals surface area contributed by atoms with E-state index < -0.39 is 0 Å². The highest BCUT2D eigenvalue weighted by Crippen LogP contribution is 2.53. The first-order chi connectivity index (χ1) is 25.6. The minimum atomic E-state index is -0.0892. The topological polar surface area (TPSA) is 34.5 Å². The zero-order valence-corrected chi connectivity index (χ0v) is 31.0. The van der Waals surface area contributed by atoms with E-state index in [0.29, 0.717) is 0 Å². The van der Waals surface area contributed by atoms with Crippen molar-refractivity contribution in [3.63, 3.8) is 0 Å². The maximum Gasteiger partial charge on any atom is 0.333 e. The van der Waals surface area contributed by atoms with Crippen molar-refractivity contribution in [2.24, 2.45) is 0 Å². The van der Waals surface area contributed by atoms with Crippen LogP contribution >= 0.6 is 0 Å². The summed E-state index contributed by atoms with van der Waals surface area (Å²) in [6.07, 6.45) is 2.35. The number of rotatable bonds is 1. The molecule has 6 aromatic carbocycles. The first kappa shape index (κ1) is 29.9. The number of para-hydroxylation sites is 3. The number of aryl methyl sites for hydroxylation is 2. The molecule has 1 aliphatic carbocycles. The molecule has 53 heavy (non-hydrogen) atoms. The van der Waals surface area contributed by atoms with Crippen LogP contribution in [0.1, 0.15) is 62.8 Å². The van der Waals surface area contributed by atoms with Gasteiger partial charge in [0.2, 0.25) is 0 Å². The predicted octanol–water partition coefficient (Wildman–Crippen LogP) is 11.8. The van der Waals surface area contributed by atoms with Gasteiger partial charge < -0.3 is 18.2 Å². The van der Waals surface area contributed by atoms with Crippen LogP contribution in [0.15, 0.2) is 112 Å². The van der Waals surface area contributed by atoms with Gasteiger partial charge in [0, 0.05) is 44.0 Å². The van der Waals surface area contributed by atoms with E-state index in [2.05, 4.69) is 154 Å². The average Bonchev–Trinajstić information content (AvgIpc) is 3.82. The van der Waals surface area contributed by atoms with Gasteiger partial charge in [0.05, 0.1) is 11.2 Å². The van der Waals surface area contributed by atoms with Crippen molar-refractivity contribution in [2.75, 3.05) is 4.90 Å². The van der Waals surface area contributed by atoms with E-state index in [4.69, 9.17) is 8.83 Å². The largest absolute Gasteiger partial charge is 0.454 e. The lowest BCUT2D eigenvalue weighted by molar-refractivity contribution is 0.332. The van der Waals surface area contributed by atoms with Gasteiger partial charge in [-0.25, -0.2) is 0 Å². The molecule has 0 N–H and O–H groups in total. The van der Waals surface area contributed by atoms with Crippen molar-refractivity contribution >= 4 is 89.7 Å². The van der Waals surface area contributed by atoms with Crippen LogP contribution in [0.3, 0.4) is 0 Å². The van der Waals surface area contributed by atoms with Crippen LogP contribution in [-0.4, -0.2) is 11.3 Å². The smallest absolute Gasteiger partial charge is 0.333 e. The third-order valence-corrected chi connectivity index (χ3v) is 13.2. The number of hydrogen-bond acceptors (Lipinski definition) is 3. The fraction of sp³-hybridized carbons (Fsp3) is 0.208. The van der Waals surface area contributed by atoms with Crippen LogP contribution in [-0.2, 0) is 10.8 Å². The molecule has 0 fully saturated rings. The summed E-state index contributed by atoms with van der Waals surface area (Å²) in [6.45, 7) is 14.2. The SMILES string of the molecule is Cc1cc2c3c(c1)N(c1cc4c(cc1C)C(C)(C)CCC4(C)C)c1c(ccc4c1oc1ccccc14)B3n1c3c-2cccc3c2oc3ccccc3c21. The van der Waals surface area contributed by atoms with E-state index in [0.717, 1.165) is 61.5 Å². The number of hydrogen-bond donors (Lipinski definition) is 0. The third kappa shape index (κ3) is 3.63. The van der Waals surface area contributed by atoms with Gasteiger partial charge in [0.25, 0.3) is 0 Å². The van der Waals surface area contributed by atoms with E-state index >= 15 is 0 Å². The zero-order chi connectivity index (χ0) is 35.7. The molecule has 2 aliphatic heterocycles. The first-order valence-electron chi connectivity index (χ1n) is 19.1. The molecule has 3 aromatic heterocycles. The lowest BCUT2D eigenvalue weighted by Gasteiger charge is -2.44. The Balaban J connectivity index is 1.27. The Bertz CT molecular complexity index is 3120. The highest BCUT2D eigenvalue weighted by Gasteiger charge is 2.46. The molecule has 0 bridgehead atoms. The summed E-state index contributed by atoms with van der Waals surface area (Å²) in [5.74, 6) is 0. The minimum Gasteiger partial charge on any atom is -0.454 e. The second kappa shape index (κ2) is 9.65. The minimum absolute atomic E-state index is 0.0650. The van der Waals surface area contributed by atoms with Crippen molar-refractivity contribution in [3.05, 3.63) is 125 Å². The van der Waals surface area contributed by atoms with E-state index in [1.165, 1.54) is 67.6 Å². The van der Waals surface area contributed by atoms with Crippen molar-refractivity contribution < 1.29 is 8.83 Å². The second-order valence-electron chi connectivity index (χ2n) is 17.3. The summed E-state index contributed by atoms with van der Waals surface area (Å²) in [5, 5.41) is 4.59. The normalized spacial score (nSPS) is 16.6. The second-order valence-corrected chi connectivity index (χ2v) is 17.3. The van der Waals surface area contributed by atoms with Crippen LogP contribution in [0.25, 0.3) is 66.0 Å². The third-order valence-electron chi connectivity index (χ3n) is 13.2. The lowest BCUT2D eigenvalue weighted by atomic mass is 9.45. The van der Waals surface area contributed by atoms with E-state index in [1.54, 1.807) is 0 Å². The molecule has 256 valence electrons. The summed E-state index contributed by atoms with van der Waals surface area (Å²) >= 11 is 0. The Labute approximate surface area is 308 Å². The van der Waals surface area contributed by atoms with Gasteiger partial charge in [-0.05, 0) is 113 Å². The van der Waals surface area contributed by atoms with E-state index in [9.17, 15) is 0 Å². The standard InChI is InChI=1S/C48H39BN2O2/c1-26-22-33-29-14-11-15-32-42(29)51(43-31-13-8-10-17-40(31)53-46(32)43)49-36-19-18-30-28-12-7-9-16-39(28)52-45(30)44(36)50(38(23-26)41(33)49)37-25-35-34(24-27(37)2)47(3,4)20-21-48(35,5)6/h7-19,22-25H,20-21H2,1-6H3. The molecule has 0 unspecified atom stereocenters. The van der Waals surface area contributed by atoms with E-state index in [-0.39, 0.29) is 17.7 Å². The molecule has 0 radical (unpaired) electrons. The Morgan fingerprint density at radius 2 is 1.26 bits per heavy atom. The first-order valence-corrected chi connectivity index (χ1v) is 19.1. The number of fused-ring (bicyclic) bond motifs is 14. The van der Waals surface area contributed by atoms with Crippen LogP contribution in [0.4, 0.5) is 17.1 Å². The summed E-state index contributed by atoms with van der Waals surface area (Å²) in [7, 11) is 0. The van der Waals surface area contributed by atoms with Gasteiger partial charge >= 0.3 is 6.85 Å². The van der Waals surface area contributed by atoms with Gasteiger partial charge in [-0.2, -0.15) is 0 Å². The highest BCUT2D eigenvalue weighted by molar-refractivity contribution is 6.90. The number of anilines is 3. The summed E-state index contributed by atoms with van der Waals surface area (Å²) in [5.41, 5.74) is 20.5. The van der Waals surface area contributed by atoms with Crippen LogP contribution < -0.4 is 15.8 Å².